The van der Waals surface area contributed by atoms with Gasteiger partial charge in [-0.25, -0.2) is 0 Å². The lowest BCUT2D eigenvalue weighted by Gasteiger charge is -2.13. The fourth-order valence-electron chi connectivity index (χ4n) is 2.13. The van der Waals surface area contributed by atoms with E-state index in [9.17, 15) is 0 Å². The Morgan fingerprint density at radius 3 is 1.71 bits per heavy atom. The van der Waals surface area contributed by atoms with Crippen molar-refractivity contribution in [3.8, 4) is 0 Å². The van der Waals surface area contributed by atoms with Crippen molar-refractivity contribution in [1.82, 2.24) is 0 Å². The van der Waals surface area contributed by atoms with Gasteiger partial charge in [-0.15, -0.1) is 0 Å². The van der Waals surface area contributed by atoms with Gasteiger partial charge in [0.2, 0.25) is 0 Å². The molecule has 0 aliphatic carbocycles. The van der Waals surface area contributed by atoms with Crippen molar-refractivity contribution in [2.45, 2.75) is 91.2 Å². The van der Waals surface area contributed by atoms with E-state index in [-0.39, 0.29) is 0 Å². The number of hydrogen-bond donors (Lipinski definition) is 0. The second-order valence-corrected chi connectivity index (χ2v) is 5.19. The minimum Gasteiger partial charge on any atom is -0.436 e. The van der Waals surface area contributed by atoms with Crippen LogP contribution >= 0.6 is 0 Å². The third-order valence-electron chi connectivity index (χ3n) is 3.36. The summed E-state index contributed by atoms with van der Waals surface area (Å²) in [7, 11) is 0. The van der Waals surface area contributed by atoms with Crippen LogP contribution in [0.25, 0.3) is 0 Å². The molecule has 2 heteroatoms. The third-order valence-corrected chi connectivity index (χ3v) is 3.36. The topological polar surface area (TPSA) is 9.23 Å². The molecule has 0 saturated carbocycles. The molecule has 0 spiro atoms. The zero-order valence-corrected chi connectivity index (χ0v) is 12.5. The Morgan fingerprint density at radius 2 is 1.18 bits per heavy atom. The molecule has 0 aliphatic heterocycles. The van der Waals surface area contributed by atoms with Gasteiger partial charge in [0.15, 0.2) is 0 Å². The van der Waals surface area contributed by atoms with E-state index in [0.29, 0.717) is 6.92 Å². The Hall–Kier alpha value is 0.0249. The molecule has 102 valence electrons. The van der Waals surface area contributed by atoms with Gasteiger partial charge in [0.1, 0.15) is 0 Å². The molecule has 0 fully saturated rings. The summed E-state index contributed by atoms with van der Waals surface area (Å²) in [6.07, 6.45) is 14.5. The molecule has 17 heavy (non-hydrogen) atoms. The van der Waals surface area contributed by atoms with Gasteiger partial charge in [-0.1, -0.05) is 72.1 Å². The van der Waals surface area contributed by atoms with Crippen molar-refractivity contribution in [1.29, 1.82) is 0 Å². The van der Waals surface area contributed by atoms with E-state index in [1.807, 2.05) is 0 Å². The lowest BCUT2D eigenvalue weighted by atomic mass is 9.59. The Labute approximate surface area is 110 Å². The first-order chi connectivity index (χ1) is 8.35. The van der Waals surface area contributed by atoms with Gasteiger partial charge in [0.05, 0.1) is 0 Å². The molecule has 0 rings (SSSR count). The van der Waals surface area contributed by atoms with Crippen LogP contribution in [-0.4, -0.2) is 13.5 Å². The quantitative estimate of drug-likeness (QED) is 0.302. The van der Waals surface area contributed by atoms with Crippen molar-refractivity contribution in [3.05, 3.63) is 0 Å². The van der Waals surface area contributed by atoms with E-state index in [1.54, 1.807) is 0 Å². The van der Waals surface area contributed by atoms with Gasteiger partial charge < -0.3 is 4.65 Å². The molecule has 0 aliphatic rings. The molecular formula is C15H33BO. The number of rotatable bonds is 13. The summed E-state index contributed by atoms with van der Waals surface area (Å²) in [5, 5.41) is 0. The molecule has 0 heterocycles. The lowest BCUT2D eigenvalue weighted by Crippen LogP contribution is -2.18. The summed E-state index contributed by atoms with van der Waals surface area (Å²) < 4.78 is 6.03. The standard InChI is InChI=1S/C15H33BO/c1-4-7-10-11-12-15-17-16(13-8-5-2)14-9-6-3/h4-15H2,1-3H3. The highest BCUT2D eigenvalue weighted by Gasteiger charge is 2.13. The fourth-order valence-corrected chi connectivity index (χ4v) is 2.13. The van der Waals surface area contributed by atoms with E-state index >= 15 is 0 Å². The van der Waals surface area contributed by atoms with Gasteiger partial charge >= 0.3 is 0 Å². The van der Waals surface area contributed by atoms with E-state index in [2.05, 4.69) is 20.8 Å². The highest BCUT2D eigenvalue weighted by atomic mass is 16.4. The Kier molecular flexibility index (Phi) is 14.1. The van der Waals surface area contributed by atoms with Crippen LogP contribution < -0.4 is 0 Å². The fraction of sp³-hybridized carbons (Fsp3) is 1.00. The molecule has 0 N–H and O–H groups in total. The molecular weight excluding hydrogens is 207 g/mol. The van der Waals surface area contributed by atoms with Crippen molar-refractivity contribution < 1.29 is 4.65 Å². The molecule has 0 amide bonds. The molecule has 1 nitrogen and oxygen atoms in total. The van der Waals surface area contributed by atoms with Gasteiger partial charge in [-0.05, 0) is 19.1 Å². The summed E-state index contributed by atoms with van der Waals surface area (Å²) in [5.41, 5.74) is 0. The smallest absolute Gasteiger partial charge is 0.293 e. The molecule has 0 aromatic rings. The average Bonchev–Trinajstić information content (AvgIpc) is 2.35. The zero-order chi connectivity index (χ0) is 12.8. The predicted octanol–water partition coefficient (Wildman–Crippen LogP) is 5.57. The van der Waals surface area contributed by atoms with Gasteiger partial charge in [-0.3, -0.25) is 0 Å². The lowest BCUT2D eigenvalue weighted by molar-refractivity contribution is 0.303. The van der Waals surface area contributed by atoms with E-state index in [4.69, 9.17) is 4.65 Å². The predicted molar refractivity (Wildman–Crippen MR) is 79.9 cm³/mol. The molecule has 0 unspecified atom stereocenters. The first-order valence-electron chi connectivity index (χ1n) is 7.96. The maximum absolute atomic E-state index is 6.03. The largest absolute Gasteiger partial charge is 0.436 e. The minimum absolute atomic E-state index is 0.543. The van der Waals surface area contributed by atoms with Crippen LogP contribution in [0.2, 0.25) is 12.6 Å². The third kappa shape index (κ3) is 12.3. The summed E-state index contributed by atoms with van der Waals surface area (Å²) in [6.45, 7) is 8.33. The summed E-state index contributed by atoms with van der Waals surface area (Å²) >= 11 is 0. The molecule has 0 aromatic heterocycles. The molecule has 0 bridgehead atoms. The van der Waals surface area contributed by atoms with Crippen LogP contribution in [-0.2, 0) is 4.65 Å². The van der Waals surface area contributed by atoms with Gasteiger partial charge in [-0.2, -0.15) is 0 Å². The number of unbranched alkanes of at least 4 members (excludes halogenated alkanes) is 6. The van der Waals surface area contributed by atoms with Crippen LogP contribution in [0, 0.1) is 0 Å². The van der Waals surface area contributed by atoms with E-state index < -0.39 is 0 Å². The van der Waals surface area contributed by atoms with Crippen LogP contribution in [0.4, 0.5) is 0 Å². The first kappa shape index (κ1) is 17.0. The van der Waals surface area contributed by atoms with Crippen molar-refractivity contribution in [2.75, 3.05) is 6.61 Å². The number of hydrogen-bond acceptors (Lipinski definition) is 1. The molecule has 0 radical (unpaired) electrons. The molecule has 0 saturated heterocycles. The van der Waals surface area contributed by atoms with Gasteiger partial charge in [0, 0.05) is 6.61 Å². The second-order valence-electron chi connectivity index (χ2n) is 5.19. The van der Waals surface area contributed by atoms with E-state index in [0.717, 1.165) is 6.61 Å². The first-order valence-corrected chi connectivity index (χ1v) is 7.96. The average molecular weight is 240 g/mol. The van der Waals surface area contributed by atoms with Crippen molar-refractivity contribution >= 4 is 6.92 Å². The zero-order valence-electron chi connectivity index (χ0n) is 12.5. The maximum Gasteiger partial charge on any atom is 0.293 e. The normalized spacial score (nSPS) is 10.8. The summed E-state index contributed by atoms with van der Waals surface area (Å²) in [4.78, 5) is 0. The van der Waals surface area contributed by atoms with E-state index in [1.165, 1.54) is 70.4 Å². The molecule has 0 aromatic carbocycles. The van der Waals surface area contributed by atoms with Crippen molar-refractivity contribution in [3.63, 3.8) is 0 Å². The van der Waals surface area contributed by atoms with Crippen LogP contribution in [0.3, 0.4) is 0 Å². The minimum atomic E-state index is 0.543. The van der Waals surface area contributed by atoms with Crippen molar-refractivity contribution in [2.24, 2.45) is 0 Å². The second kappa shape index (κ2) is 14.1. The SMILES string of the molecule is CCCCCCCOB(CCCC)CCCC. The van der Waals surface area contributed by atoms with Crippen LogP contribution in [0.5, 0.6) is 0 Å². The Morgan fingerprint density at radius 1 is 0.647 bits per heavy atom. The Balaban J connectivity index is 3.45. The highest BCUT2D eigenvalue weighted by molar-refractivity contribution is 6.51. The van der Waals surface area contributed by atoms with Gasteiger partial charge in [0.25, 0.3) is 6.92 Å². The summed E-state index contributed by atoms with van der Waals surface area (Å²) in [5.74, 6) is 0. The molecule has 0 atom stereocenters. The summed E-state index contributed by atoms with van der Waals surface area (Å²) in [6, 6.07) is 0. The van der Waals surface area contributed by atoms with Crippen LogP contribution in [0.1, 0.15) is 78.6 Å². The monoisotopic (exact) mass is 240 g/mol. The van der Waals surface area contributed by atoms with Crippen LogP contribution in [0.15, 0.2) is 0 Å². The highest BCUT2D eigenvalue weighted by Crippen LogP contribution is 2.12. The maximum atomic E-state index is 6.03. The Bertz CT molecular complexity index is 131.